The highest BCUT2D eigenvalue weighted by molar-refractivity contribution is 7.89. The Morgan fingerprint density at radius 1 is 1.19 bits per heavy atom. The van der Waals surface area contributed by atoms with E-state index in [1.165, 1.54) is 4.31 Å². The second kappa shape index (κ2) is 7.06. The van der Waals surface area contributed by atoms with E-state index in [-0.39, 0.29) is 18.4 Å². The summed E-state index contributed by atoms with van der Waals surface area (Å²) in [4.78, 5) is 0.293. The van der Waals surface area contributed by atoms with Gasteiger partial charge in [0.05, 0.1) is 11.0 Å². The van der Waals surface area contributed by atoms with Crippen LogP contribution in [0.5, 0.6) is 0 Å². The van der Waals surface area contributed by atoms with Crippen LogP contribution in [0.4, 0.5) is 0 Å². The Morgan fingerprint density at radius 2 is 1.76 bits per heavy atom. The molecule has 4 nitrogen and oxygen atoms in total. The lowest BCUT2D eigenvalue weighted by Crippen LogP contribution is -2.38. The first-order valence-corrected chi connectivity index (χ1v) is 8.61. The lowest BCUT2D eigenvalue weighted by atomic mass is 9.97. The molecule has 1 rings (SSSR count). The smallest absolute Gasteiger partial charge is 0.207 e. The summed E-state index contributed by atoms with van der Waals surface area (Å²) in [6.07, 6.45) is 1.07. The van der Waals surface area contributed by atoms with Crippen LogP contribution in [0.25, 0.3) is 0 Å². The van der Waals surface area contributed by atoms with Gasteiger partial charge < -0.3 is 0 Å². The Hall–Kier alpha value is -1.38. The minimum absolute atomic E-state index is 0.161. The van der Waals surface area contributed by atoms with Gasteiger partial charge in [-0.3, -0.25) is 0 Å². The molecule has 0 heterocycles. The number of aryl methyl sites for hydroxylation is 1. The molecule has 0 atom stereocenters. The highest BCUT2D eigenvalue weighted by Crippen LogP contribution is 2.23. The van der Waals surface area contributed by atoms with E-state index in [0.29, 0.717) is 11.4 Å². The third-order valence-electron chi connectivity index (χ3n) is 3.09. The van der Waals surface area contributed by atoms with Gasteiger partial charge in [0, 0.05) is 19.5 Å². The Balaban J connectivity index is 3.10. The fourth-order valence-corrected chi connectivity index (χ4v) is 3.70. The number of nitriles is 1. The van der Waals surface area contributed by atoms with Gasteiger partial charge in [0.25, 0.3) is 0 Å². The van der Waals surface area contributed by atoms with E-state index >= 15 is 0 Å². The summed E-state index contributed by atoms with van der Waals surface area (Å²) in [5, 5.41) is 8.75. The monoisotopic (exact) mass is 308 g/mol. The summed E-state index contributed by atoms with van der Waals surface area (Å²) < 4.78 is 26.9. The molecule has 0 aromatic heterocycles. The van der Waals surface area contributed by atoms with Crippen LogP contribution >= 0.6 is 0 Å². The molecule has 0 amide bonds. The first kappa shape index (κ1) is 17.7. The summed E-state index contributed by atoms with van der Waals surface area (Å²) in [6.45, 7) is 8.62. The average Bonchev–Trinajstić information content (AvgIpc) is 2.42. The molecule has 0 saturated heterocycles. The molecule has 1 aromatic carbocycles. The summed E-state index contributed by atoms with van der Waals surface area (Å²) in [5.74, 6) is 0. The van der Waals surface area contributed by atoms with Gasteiger partial charge in [-0.25, -0.2) is 8.42 Å². The van der Waals surface area contributed by atoms with Crippen molar-refractivity contribution in [2.24, 2.45) is 5.41 Å². The summed E-state index contributed by atoms with van der Waals surface area (Å²) >= 11 is 0. The summed E-state index contributed by atoms with van der Waals surface area (Å²) in [7, 11) is -3.55. The number of rotatable bonds is 6. The fourth-order valence-electron chi connectivity index (χ4n) is 2.03. The maximum Gasteiger partial charge on any atom is 0.243 e. The van der Waals surface area contributed by atoms with Crippen molar-refractivity contribution in [3.8, 4) is 6.07 Å². The standard InChI is InChI=1S/C16H24N2O2S/c1-5-14-7-9-15(10-8-14)21(19,20)18(12-6-11-17)13-16(2,3)4/h7-10H,5-6,12-13H2,1-4H3. The summed E-state index contributed by atoms with van der Waals surface area (Å²) in [5.41, 5.74) is 0.944. The molecular formula is C16H24N2O2S. The van der Waals surface area contributed by atoms with Gasteiger partial charge in [-0.1, -0.05) is 39.8 Å². The predicted molar refractivity (Wildman–Crippen MR) is 84.3 cm³/mol. The largest absolute Gasteiger partial charge is 0.243 e. The molecule has 21 heavy (non-hydrogen) atoms. The lowest BCUT2D eigenvalue weighted by molar-refractivity contribution is 0.285. The zero-order chi connectivity index (χ0) is 16.1. The van der Waals surface area contributed by atoms with Gasteiger partial charge in [0.15, 0.2) is 0 Å². The first-order chi connectivity index (χ1) is 9.70. The Morgan fingerprint density at radius 3 is 2.19 bits per heavy atom. The molecule has 0 unspecified atom stereocenters. The minimum atomic E-state index is -3.55. The fraction of sp³-hybridized carbons (Fsp3) is 0.562. The maximum atomic E-state index is 12.7. The van der Waals surface area contributed by atoms with E-state index in [2.05, 4.69) is 0 Å². The van der Waals surface area contributed by atoms with Crippen LogP contribution in [0.3, 0.4) is 0 Å². The maximum absolute atomic E-state index is 12.7. The van der Waals surface area contributed by atoms with Gasteiger partial charge in [-0.05, 0) is 29.5 Å². The van der Waals surface area contributed by atoms with Crippen LogP contribution in [0.15, 0.2) is 29.2 Å². The summed E-state index contributed by atoms with van der Waals surface area (Å²) in [6, 6.07) is 9.00. The number of hydrogen-bond acceptors (Lipinski definition) is 3. The molecule has 1 aromatic rings. The molecule has 0 spiro atoms. The van der Waals surface area contributed by atoms with Crippen molar-refractivity contribution in [3.63, 3.8) is 0 Å². The third kappa shape index (κ3) is 5.14. The lowest BCUT2D eigenvalue weighted by Gasteiger charge is -2.28. The quantitative estimate of drug-likeness (QED) is 0.810. The van der Waals surface area contributed by atoms with Crippen molar-refractivity contribution in [1.29, 1.82) is 5.26 Å². The van der Waals surface area contributed by atoms with Crippen molar-refractivity contribution >= 4 is 10.0 Å². The van der Waals surface area contributed by atoms with Crippen molar-refractivity contribution < 1.29 is 8.42 Å². The number of sulfonamides is 1. The van der Waals surface area contributed by atoms with Gasteiger partial charge in [0.2, 0.25) is 10.0 Å². The van der Waals surface area contributed by atoms with Crippen molar-refractivity contribution in [2.45, 2.75) is 45.4 Å². The Bertz CT molecular complexity index is 593. The second-order valence-corrected chi connectivity index (χ2v) is 8.24. The van der Waals surface area contributed by atoms with Crippen LogP contribution in [0, 0.1) is 16.7 Å². The van der Waals surface area contributed by atoms with Crippen molar-refractivity contribution in [3.05, 3.63) is 29.8 Å². The van der Waals surface area contributed by atoms with E-state index in [1.807, 2.05) is 45.9 Å². The SMILES string of the molecule is CCc1ccc(S(=O)(=O)N(CCC#N)CC(C)(C)C)cc1. The van der Waals surface area contributed by atoms with Crippen LogP contribution in [0.1, 0.15) is 39.7 Å². The Labute approximate surface area is 128 Å². The molecule has 0 saturated carbocycles. The molecule has 0 fully saturated rings. The van der Waals surface area contributed by atoms with Gasteiger partial charge in [0.1, 0.15) is 0 Å². The second-order valence-electron chi connectivity index (χ2n) is 6.30. The van der Waals surface area contributed by atoms with Crippen LogP contribution in [0.2, 0.25) is 0 Å². The highest BCUT2D eigenvalue weighted by Gasteiger charge is 2.28. The molecule has 5 heteroatoms. The van der Waals surface area contributed by atoms with Gasteiger partial charge in [-0.15, -0.1) is 0 Å². The highest BCUT2D eigenvalue weighted by atomic mass is 32.2. The number of nitrogens with zero attached hydrogens (tertiary/aromatic N) is 2. The molecule has 0 bridgehead atoms. The van der Waals surface area contributed by atoms with Crippen LogP contribution < -0.4 is 0 Å². The van der Waals surface area contributed by atoms with E-state index < -0.39 is 10.0 Å². The third-order valence-corrected chi connectivity index (χ3v) is 4.95. The van der Waals surface area contributed by atoms with E-state index in [4.69, 9.17) is 5.26 Å². The molecule has 0 aliphatic carbocycles. The van der Waals surface area contributed by atoms with Crippen LogP contribution in [-0.2, 0) is 16.4 Å². The number of benzene rings is 1. The van der Waals surface area contributed by atoms with Crippen molar-refractivity contribution in [2.75, 3.05) is 13.1 Å². The molecule has 0 N–H and O–H groups in total. The Kier molecular flexibility index (Phi) is 5.94. The van der Waals surface area contributed by atoms with E-state index in [9.17, 15) is 8.42 Å². The van der Waals surface area contributed by atoms with Gasteiger partial charge >= 0.3 is 0 Å². The van der Waals surface area contributed by atoms with E-state index in [1.54, 1.807) is 12.1 Å². The molecular weight excluding hydrogens is 284 g/mol. The average molecular weight is 308 g/mol. The van der Waals surface area contributed by atoms with Crippen molar-refractivity contribution in [1.82, 2.24) is 4.31 Å². The minimum Gasteiger partial charge on any atom is -0.207 e. The molecule has 0 aliphatic heterocycles. The molecule has 0 radical (unpaired) electrons. The topological polar surface area (TPSA) is 61.2 Å². The van der Waals surface area contributed by atoms with Crippen LogP contribution in [-0.4, -0.2) is 25.8 Å². The molecule has 116 valence electrons. The van der Waals surface area contributed by atoms with E-state index in [0.717, 1.165) is 12.0 Å². The predicted octanol–water partition coefficient (Wildman–Crippen LogP) is 3.20. The number of hydrogen-bond donors (Lipinski definition) is 0. The first-order valence-electron chi connectivity index (χ1n) is 7.17. The zero-order valence-corrected chi connectivity index (χ0v) is 14.1. The zero-order valence-electron chi connectivity index (χ0n) is 13.3. The van der Waals surface area contributed by atoms with Gasteiger partial charge in [-0.2, -0.15) is 9.57 Å². The normalized spacial score (nSPS) is 12.4. The molecule has 0 aliphatic rings.